The topological polar surface area (TPSA) is 70.6 Å². The summed E-state index contributed by atoms with van der Waals surface area (Å²) in [4.78, 5) is 17.0. The quantitative estimate of drug-likeness (QED) is 0.231. The lowest BCUT2D eigenvalue weighted by Crippen LogP contribution is -2.26. The van der Waals surface area contributed by atoms with Gasteiger partial charge in [0.05, 0.1) is 28.6 Å². The van der Waals surface area contributed by atoms with Crippen LogP contribution in [-0.4, -0.2) is 24.2 Å². The molecular formula is C16H13ClF3IN2O3. The van der Waals surface area contributed by atoms with E-state index in [0.717, 1.165) is 6.07 Å². The first-order valence-corrected chi connectivity index (χ1v) is 8.73. The molecule has 0 spiro atoms. The fraction of sp³-hybridized carbons (Fsp3) is 0.188. The highest BCUT2D eigenvalue weighted by Crippen LogP contribution is 2.32. The van der Waals surface area contributed by atoms with Crippen molar-refractivity contribution in [2.75, 3.05) is 18.5 Å². The van der Waals surface area contributed by atoms with Gasteiger partial charge in [0.25, 0.3) is 5.91 Å². The minimum absolute atomic E-state index is 0.00810. The number of hydrogen-bond donors (Lipinski definition) is 3. The van der Waals surface area contributed by atoms with Crippen LogP contribution in [0.15, 0.2) is 24.3 Å². The molecule has 0 atom stereocenters. The summed E-state index contributed by atoms with van der Waals surface area (Å²) in [5.41, 5.74) is 0.907. The van der Waals surface area contributed by atoms with Crippen molar-refractivity contribution in [1.82, 2.24) is 5.48 Å². The summed E-state index contributed by atoms with van der Waals surface area (Å²) in [5.74, 6) is -4.44. The molecule has 10 heteroatoms. The van der Waals surface area contributed by atoms with E-state index in [0.29, 0.717) is 3.57 Å². The SMILES string of the molecule is O=C(NOCCCO)c1cc(Cl)c(F)c(F)c1Nc1ccc(I)cc1F. The van der Waals surface area contributed by atoms with Crippen molar-refractivity contribution in [2.45, 2.75) is 6.42 Å². The maximum atomic E-state index is 14.3. The number of hydrogen-bond acceptors (Lipinski definition) is 4. The van der Waals surface area contributed by atoms with Gasteiger partial charge in [0.2, 0.25) is 0 Å². The normalized spacial score (nSPS) is 10.7. The van der Waals surface area contributed by atoms with Crippen LogP contribution in [0.25, 0.3) is 0 Å². The van der Waals surface area contributed by atoms with Gasteiger partial charge in [-0.05, 0) is 53.3 Å². The molecule has 2 aromatic carbocycles. The van der Waals surface area contributed by atoms with Gasteiger partial charge >= 0.3 is 0 Å². The summed E-state index contributed by atoms with van der Waals surface area (Å²) in [6, 6.07) is 4.96. The Morgan fingerprint density at radius 1 is 1.23 bits per heavy atom. The second kappa shape index (κ2) is 9.40. The van der Waals surface area contributed by atoms with E-state index in [1.54, 1.807) is 6.07 Å². The molecule has 0 aliphatic heterocycles. The van der Waals surface area contributed by atoms with Gasteiger partial charge in [-0.3, -0.25) is 9.63 Å². The lowest BCUT2D eigenvalue weighted by Gasteiger charge is -2.15. The number of anilines is 2. The van der Waals surface area contributed by atoms with Crippen LogP contribution in [0.2, 0.25) is 5.02 Å². The molecule has 2 rings (SSSR count). The van der Waals surface area contributed by atoms with Gasteiger partial charge in [-0.25, -0.2) is 18.7 Å². The minimum Gasteiger partial charge on any atom is -0.396 e. The first-order valence-electron chi connectivity index (χ1n) is 7.27. The van der Waals surface area contributed by atoms with Crippen LogP contribution < -0.4 is 10.8 Å². The third kappa shape index (κ3) is 5.00. The Morgan fingerprint density at radius 2 is 1.96 bits per heavy atom. The first kappa shape index (κ1) is 20.7. The van der Waals surface area contributed by atoms with Crippen LogP contribution in [-0.2, 0) is 4.84 Å². The minimum atomic E-state index is -1.43. The maximum Gasteiger partial charge on any atom is 0.277 e. The van der Waals surface area contributed by atoms with Gasteiger partial charge in [0.15, 0.2) is 11.6 Å². The van der Waals surface area contributed by atoms with Crippen molar-refractivity contribution in [3.63, 3.8) is 0 Å². The smallest absolute Gasteiger partial charge is 0.277 e. The number of aliphatic hydroxyl groups is 1. The van der Waals surface area contributed by atoms with E-state index in [1.165, 1.54) is 12.1 Å². The van der Waals surface area contributed by atoms with Gasteiger partial charge in [-0.1, -0.05) is 11.6 Å². The average Bonchev–Trinajstić information content (AvgIpc) is 2.60. The Bertz CT molecular complexity index is 824. The van der Waals surface area contributed by atoms with Crippen molar-refractivity contribution in [1.29, 1.82) is 0 Å². The van der Waals surface area contributed by atoms with Crippen molar-refractivity contribution in [3.8, 4) is 0 Å². The number of hydroxylamine groups is 1. The summed E-state index contributed by atoms with van der Waals surface area (Å²) in [7, 11) is 0. The fourth-order valence-electron chi connectivity index (χ4n) is 1.93. The van der Waals surface area contributed by atoms with E-state index >= 15 is 0 Å². The van der Waals surface area contributed by atoms with Crippen LogP contribution in [0.3, 0.4) is 0 Å². The van der Waals surface area contributed by atoms with Crippen molar-refractivity contribution >= 4 is 51.5 Å². The number of halogens is 5. The number of aliphatic hydroxyl groups excluding tert-OH is 1. The highest BCUT2D eigenvalue weighted by molar-refractivity contribution is 14.1. The summed E-state index contributed by atoms with van der Waals surface area (Å²) in [6.07, 6.45) is 0.262. The summed E-state index contributed by atoms with van der Waals surface area (Å²) in [5, 5.41) is 10.4. The predicted molar refractivity (Wildman–Crippen MR) is 98.9 cm³/mol. The lowest BCUT2D eigenvalue weighted by atomic mass is 10.1. The van der Waals surface area contributed by atoms with Crippen molar-refractivity contribution in [3.05, 3.63) is 55.9 Å². The van der Waals surface area contributed by atoms with Gasteiger partial charge in [0.1, 0.15) is 5.82 Å². The van der Waals surface area contributed by atoms with Crippen LogP contribution in [0.1, 0.15) is 16.8 Å². The van der Waals surface area contributed by atoms with E-state index in [9.17, 15) is 18.0 Å². The molecule has 0 radical (unpaired) electrons. The highest BCUT2D eigenvalue weighted by Gasteiger charge is 2.23. The van der Waals surface area contributed by atoms with Gasteiger partial charge in [0, 0.05) is 10.2 Å². The second-order valence-electron chi connectivity index (χ2n) is 5.01. The van der Waals surface area contributed by atoms with Crippen molar-refractivity contribution in [2.24, 2.45) is 0 Å². The largest absolute Gasteiger partial charge is 0.396 e. The fourth-order valence-corrected chi connectivity index (χ4v) is 2.58. The highest BCUT2D eigenvalue weighted by atomic mass is 127. The molecule has 0 saturated carbocycles. The van der Waals surface area contributed by atoms with Crippen LogP contribution in [0.5, 0.6) is 0 Å². The number of rotatable bonds is 7. The molecule has 2 aromatic rings. The van der Waals surface area contributed by atoms with E-state index in [-0.39, 0.29) is 30.9 Å². The third-order valence-electron chi connectivity index (χ3n) is 3.17. The molecule has 0 aromatic heterocycles. The van der Waals surface area contributed by atoms with Crippen LogP contribution >= 0.6 is 34.2 Å². The first-order chi connectivity index (χ1) is 12.3. The Labute approximate surface area is 165 Å². The molecule has 0 bridgehead atoms. The van der Waals surface area contributed by atoms with E-state index in [2.05, 4.69) is 5.32 Å². The Morgan fingerprint density at radius 3 is 2.62 bits per heavy atom. The molecular weight excluding hydrogens is 488 g/mol. The zero-order valence-electron chi connectivity index (χ0n) is 13.1. The number of amides is 1. The van der Waals surface area contributed by atoms with Crippen LogP contribution in [0, 0.1) is 21.0 Å². The molecule has 140 valence electrons. The predicted octanol–water partition coefficient (Wildman–Crippen LogP) is 4.15. The molecule has 0 heterocycles. The van der Waals surface area contributed by atoms with Gasteiger partial charge < -0.3 is 10.4 Å². The lowest BCUT2D eigenvalue weighted by molar-refractivity contribution is 0.0262. The van der Waals surface area contributed by atoms with Crippen molar-refractivity contribution < 1.29 is 27.9 Å². The van der Waals surface area contributed by atoms with Crippen LogP contribution in [0.4, 0.5) is 24.5 Å². The summed E-state index contributed by atoms with van der Waals surface area (Å²) >= 11 is 7.49. The zero-order valence-corrected chi connectivity index (χ0v) is 16.0. The molecule has 3 N–H and O–H groups in total. The summed E-state index contributed by atoms with van der Waals surface area (Å²) < 4.78 is 42.8. The van der Waals surface area contributed by atoms with E-state index in [4.69, 9.17) is 21.5 Å². The number of carbonyl (C=O) groups excluding carboxylic acids is 1. The number of benzene rings is 2. The Kier molecular flexibility index (Phi) is 7.50. The van der Waals surface area contributed by atoms with E-state index < -0.39 is 34.1 Å². The Balaban J connectivity index is 2.36. The zero-order chi connectivity index (χ0) is 19.3. The van der Waals surface area contributed by atoms with E-state index in [1.807, 2.05) is 28.1 Å². The molecule has 0 aliphatic rings. The maximum absolute atomic E-state index is 14.3. The van der Waals surface area contributed by atoms with Gasteiger partial charge in [-0.2, -0.15) is 0 Å². The monoisotopic (exact) mass is 500 g/mol. The Hall–Kier alpha value is -1.56. The molecule has 0 fully saturated rings. The van der Waals surface area contributed by atoms with Gasteiger partial charge in [-0.15, -0.1) is 0 Å². The summed E-state index contributed by atoms with van der Waals surface area (Å²) in [6.45, 7) is -0.139. The standard InChI is InChI=1S/C16H13ClF3IN2O3/c17-10-7-9(16(25)23-26-5-1-4-24)15(14(20)13(10)19)22-12-3-2-8(21)6-11(12)18/h2-3,6-7,22,24H,1,4-5H2,(H,23,25). The number of nitrogens with one attached hydrogen (secondary N) is 2. The molecule has 5 nitrogen and oxygen atoms in total. The average molecular weight is 501 g/mol. The third-order valence-corrected chi connectivity index (χ3v) is 4.11. The molecule has 1 amide bonds. The number of carbonyl (C=O) groups is 1. The molecule has 0 aliphatic carbocycles. The second-order valence-corrected chi connectivity index (χ2v) is 6.67. The molecule has 0 unspecified atom stereocenters. The molecule has 0 saturated heterocycles. The molecule has 26 heavy (non-hydrogen) atoms.